The minimum atomic E-state index is -0.384. The van der Waals surface area contributed by atoms with E-state index in [-0.39, 0.29) is 16.7 Å². The number of hydrogen-bond acceptors (Lipinski definition) is 5. The first-order valence-electron chi connectivity index (χ1n) is 5.90. The van der Waals surface area contributed by atoms with E-state index in [1.54, 1.807) is 31.6 Å². The van der Waals surface area contributed by atoms with Crippen molar-refractivity contribution in [3.05, 3.63) is 40.7 Å². The van der Waals surface area contributed by atoms with E-state index in [9.17, 15) is 10.1 Å². The van der Waals surface area contributed by atoms with Gasteiger partial charge in [0.1, 0.15) is 0 Å². The number of hydrogen-bond donors (Lipinski definition) is 1. The van der Waals surface area contributed by atoms with Crippen molar-refractivity contribution in [3.63, 3.8) is 0 Å². The molecule has 1 heterocycles. The van der Waals surface area contributed by atoms with E-state index in [4.69, 9.17) is 4.74 Å². The number of nitrogens with one attached hydrogen (secondary N) is 1. The second-order valence-electron chi connectivity index (χ2n) is 4.31. The van der Waals surface area contributed by atoms with E-state index in [0.717, 1.165) is 11.1 Å². The van der Waals surface area contributed by atoms with Crippen LogP contribution in [0.25, 0.3) is 10.8 Å². The van der Waals surface area contributed by atoms with Gasteiger partial charge in [-0.1, -0.05) is 0 Å². The minimum Gasteiger partial charge on any atom is -0.383 e. The zero-order valence-electron chi connectivity index (χ0n) is 10.8. The Kier molecular flexibility index (Phi) is 3.91. The van der Waals surface area contributed by atoms with Crippen LogP contribution in [0, 0.1) is 10.1 Å². The fourth-order valence-electron chi connectivity index (χ4n) is 2.02. The van der Waals surface area contributed by atoms with Crippen molar-refractivity contribution in [2.24, 2.45) is 0 Å². The Balaban J connectivity index is 2.46. The summed E-state index contributed by atoms with van der Waals surface area (Å²) in [5.41, 5.74) is 0.903. The highest BCUT2D eigenvalue weighted by atomic mass is 16.6. The molecule has 0 amide bonds. The highest BCUT2D eigenvalue weighted by Gasteiger charge is 2.14. The topological polar surface area (TPSA) is 77.3 Å². The molecule has 1 aromatic heterocycles. The van der Waals surface area contributed by atoms with Gasteiger partial charge in [-0.3, -0.25) is 15.1 Å². The molecule has 0 spiro atoms. The van der Waals surface area contributed by atoms with E-state index >= 15 is 0 Å². The molecule has 0 bridgehead atoms. The molecular weight excluding hydrogens is 246 g/mol. The normalized spacial score (nSPS) is 12.3. The molecule has 0 aliphatic carbocycles. The summed E-state index contributed by atoms with van der Waals surface area (Å²) in [4.78, 5) is 14.6. The highest BCUT2D eigenvalue weighted by Crippen LogP contribution is 2.30. The first kappa shape index (κ1) is 13.2. The van der Waals surface area contributed by atoms with Crippen molar-refractivity contribution in [1.29, 1.82) is 0 Å². The Morgan fingerprint density at radius 3 is 2.89 bits per heavy atom. The first-order valence-corrected chi connectivity index (χ1v) is 5.90. The molecule has 1 N–H and O–H groups in total. The molecule has 1 unspecified atom stereocenters. The molecule has 0 saturated heterocycles. The first-order chi connectivity index (χ1) is 9.13. The minimum absolute atomic E-state index is 0.0855. The number of ether oxygens (including phenoxy) is 1. The molecule has 0 aliphatic heterocycles. The lowest BCUT2D eigenvalue weighted by Gasteiger charge is -2.15. The van der Waals surface area contributed by atoms with Gasteiger partial charge in [0, 0.05) is 42.7 Å². The summed E-state index contributed by atoms with van der Waals surface area (Å²) >= 11 is 0. The molecule has 6 heteroatoms. The molecular formula is C13H15N3O3. The van der Waals surface area contributed by atoms with Gasteiger partial charge in [0.25, 0.3) is 5.69 Å². The van der Waals surface area contributed by atoms with Gasteiger partial charge in [-0.25, -0.2) is 0 Å². The summed E-state index contributed by atoms with van der Waals surface area (Å²) < 4.78 is 5.06. The number of anilines is 1. The van der Waals surface area contributed by atoms with E-state index in [0.29, 0.717) is 12.0 Å². The lowest BCUT2D eigenvalue weighted by molar-refractivity contribution is -0.383. The molecule has 2 rings (SSSR count). The van der Waals surface area contributed by atoms with Crippen molar-refractivity contribution in [3.8, 4) is 0 Å². The molecule has 0 fully saturated rings. The van der Waals surface area contributed by atoms with Gasteiger partial charge in [0.2, 0.25) is 0 Å². The molecule has 1 atom stereocenters. The number of pyridine rings is 1. The monoisotopic (exact) mass is 261 g/mol. The Labute approximate surface area is 110 Å². The Bertz CT molecular complexity index is 601. The smallest absolute Gasteiger partial charge is 0.277 e. The Morgan fingerprint density at radius 1 is 1.42 bits per heavy atom. The van der Waals surface area contributed by atoms with E-state index in [2.05, 4.69) is 10.3 Å². The summed E-state index contributed by atoms with van der Waals surface area (Å²) in [5, 5.41) is 15.6. The summed E-state index contributed by atoms with van der Waals surface area (Å²) in [7, 11) is 1.63. The Morgan fingerprint density at radius 2 is 2.21 bits per heavy atom. The number of nitro groups is 1. The molecule has 6 nitrogen and oxygen atoms in total. The zero-order chi connectivity index (χ0) is 13.8. The van der Waals surface area contributed by atoms with Gasteiger partial charge in [0.05, 0.1) is 16.9 Å². The van der Waals surface area contributed by atoms with Gasteiger partial charge < -0.3 is 10.1 Å². The largest absolute Gasteiger partial charge is 0.383 e. The van der Waals surface area contributed by atoms with Crippen LogP contribution in [0.5, 0.6) is 0 Å². The maximum Gasteiger partial charge on any atom is 0.277 e. The van der Waals surface area contributed by atoms with Crippen molar-refractivity contribution in [2.45, 2.75) is 13.0 Å². The zero-order valence-corrected chi connectivity index (χ0v) is 10.8. The number of methoxy groups -OCH3 is 1. The van der Waals surface area contributed by atoms with Crippen LogP contribution >= 0.6 is 0 Å². The molecule has 1 aromatic carbocycles. The molecule has 2 aromatic rings. The third kappa shape index (κ3) is 2.79. The van der Waals surface area contributed by atoms with Crippen LogP contribution in [-0.4, -0.2) is 29.7 Å². The molecule has 0 radical (unpaired) electrons. The average molecular weight is 261 g/mol. The highest BCUT2D eigenvalue weighted by molar-refractivity contribution is 5.99. The van der Waals surface area contributed by atoms with E-state index in [1.807, 2.05) is 6.92 Å². The van der Waals surface area contributed by atoms with Crippen LogP contribution in [0.2, 0.25) is 0 Å². The molecule has 19 heavy (non-hydrogen) atoms. The number of benzene rings is 1. The number of non-ortho nitro benzene ring substituents is 1. The number of aromatic nitrogens is 1. The molecule has 0 saturated carbocycles. The maximum absolute atomic E-state index is 11.0. The third-order valence-corrected chi connectivity index (χ3v) is 2.81. The lowest BCUT2D eigenvalue weighted by atomic mass is 10.1. The van der Waals surface area contributed by atoms with Gasteiger partial charge >= 0.3 is 0 Å². The summed E-state index contributed by atoms with van der Waals surface area (Å²) in [6.45, 7) is 2.53. The number of nitrogens with zero attached hydrogens (tertiary/aromatic N) is 2. The van der Waals surface area contributed by atoms with Crippen molar-refractivity contribution < 1.29 is 9.66 Å². The quantitative estimate of drug-likeness (QED) is 0.661. The van der Waals surface area contributed by atoms with Gasteiger partial charge in [-0.2, -0.15) is 0 Å². The standard InChI is InChI=1S/C13H15N3O3/c1-9(8-19-2)15-12-3-4-13(16(17)18)10-5-6-14-7-11(10)12/h3-7,9,15H,8H2,1-2H3. The summed E-state index contributed by atoms with van der Waals surface area (Å²) in [5.74, 6) is 0. The van der Waals surface area contributed by atoms with E-state index < -0.39 is 0 Å². The fraction of sp³-hybridized carbons (Fsp3) is 0.308. The van der Waals surface area contributed by atoms with E-state index in [1.165, 1.54) is 6.07 Å². The van der Waals surface area contributed by atoms with Crippen molar-refractivity contribution >= 4 is 22.1 Å². The molecule has 100 valence electrons. The lowest BCUT2D eigenvalue weighted by Crippen LogP contribution is -2.20. The SMILES string of the molecule is COCC(C)Nc1ccc([N+](=O)[O-])c2ccncc12. The second-order valence-corrected chi connectivity index (χ2v) is 4.31. The number of rotatable bonds is 5. The Hall–Kier alpha value is -2.21. The summed E-state index contributed by atoms with van der Waals surface area (Å²) in [6.07, 6.45) is 3.18. The van der Waals surface area contributed by atoms with Crippen LogP contribution in [0.1, 0.15) is 6.92 Å². The maximum atomic E-state index is 11.0. The number of nitro benzene ring substituents is 1. The predicted molar refractivity (Wildman–Crippen MR) is 73.4 cm³/mol. The van der Waals surface area contributed by atoms with Crippen LogP contribution < -0.4 is 5.32 Å². The average Bonchev–Trinajstić information content (AvgIpc) is 2.39. The predicted octanol–water partition coefficient (Wildman–Crippen LogP) is 2.59. The summed E-state index contributed by atoms with van der Waals surface area (Å²) in [6, 6.07) is 4.97. The van der Waals surface area contributed by atoms with Gasteiger partial charge in [-0.05, 0) is 19.1 Å². The second kappa shape index (κ2) is 5.62. The number of fused-ring (bicyclic) bond motifs is 1. The van der Waals surface area contributed by atoms with Crippen molar-refractivity contribution in [2.75, 3.05) is 19.0 Å². The van der Waals surface area contributed by atoms with Gasteiger partial charge in [0.15, 0.2) is 0 Å². The van der Waals surface area contributed by atoms with Crippen molar-refractivity contribution in [1.82, 2.24) is 4.98 Å². The van der Waals surface area contributed by atoms with Crippen LogP contribution in [-0.2, 0) is 4.74 Å². The van der Waals surface area contributed by atoms with Crippen LogP contribution in [0.15, 0.2) is 30.6 Å². The fourth-order valence-corrected chi connectivity index (χ4v) is 2.02. The third-order valence-electron chi connectivity index (χ3n) is 2.81. The van der Waals surface area contributed by atoms with Crippen LogP contribution in [0.4, 0.5) is 11.4 Å². The van der Waals surface area contributed by atoms with Gasteiger partial charge in [-0.15, -0.1) is 0 Å². The van der Waals surface area contributed by atoms with Crippen LogP contribution in [0.3, 0.4) is 0 Å². The molecule has 0 aliphatic rings.